The number of para-hydroxylation sites is 2. The SMILES string of the molecule is c1ccc(-c2cc(-n3c4ccccc4c4cc5cc6ccn(-c7ccccc7)c6cc5cc43)cnn2)cc1. The molecular formula is C34H22N4. The minimum absolute atomic E-state index is 0.859. The Morgan fingerprint density at radius 1 is 0.500 bits per heavy atom. The van der Waals surface area contributed by atoms with Gasteiger partial charge in [0.1, 0.15) is 0 Å². The van der Waals surface area contributed by atoms with Gasteiger partial charge in [0.05, 0.1) is 34.1 Å². The molecule has 0 spiro atoms. The summed E-state index contributed by atoms with van der Waals surface area (Å²) in [5, 5.41) is 15.0. The Hall–Kier alpha value is -5.22. The summed E-state index contributed by atoms with van der Waals surface area (Å²) in [6, 6.07) is 42.9. The summed E-state index contributed by atoms with van der Waals surface area (Å²) in [5.74, 6) is 0. The lowest BCUT2D eigenvalue weighted by Gasteiger charge is -2.10. The van der Waals surface area contributed by atoms with Crippen molar-refractivity contribution in [2.45, 2.75) is 0 Å². The molecular weight excluding hydrogens is 464 g/mol. The van der Waals surface area contributed by atoms with Gasteiger partial charge in [0.2, 0.25) is 0 Å². The first-order valence-electron chi connectivity index (χ1n) is 12.8. The van der Waals surface area contributed by atoms with Gasteiger partial charge in [-0.05, 0) is 65.4 Å². The number of hydrogen-bond donors (Lipinski definition) is 0. The first-order chi connectivity index (χ1) is 18.8. The average Bonchev–Trinajstić information content (AvgIpc) is 3.54. The second-order valence-electron chi connectivity index (χ2n) is 9.67. The monoisotopic (exact) mass is 486 g/mol. The third kappa shape index (κ3) is 3.17. The van der Waals surface area contributed by atoms with E-state index in [1.807, 2.05) is 24.4 Å². The molecule has 0 unspecified atom stereocenters. The fourth-order valence-electron chi connectivity index (χ4n) is 5.67. The molecule has 4 heteroatoms. The fourth-order valence-corrected chi connectivity index (χ4v) is 5.67. The maximum absolute atomic E-state index is 4.43. The third-order valence-electron chi connectivity index (χ3n) is 7.44. The van der Waals surface area contributed by atoms with Gasteiger partial charge in [-0.3, -0.25) is 0 Å². The van der Waals surface area contributed by atoms with Crippen LogP contribution in [0.15, 0.2) is 134 Å². The number of rotatable bonds is 3. The van der Waals surface area contributed by atoms with E-state index in [0.717, 1.165) is 33.7 Å². The van der Waals surface area contributed by atoms with E-state index >= 15 is 0 Å². The predicted molar refractivity (Wildman–Crippen MR) is 156 cm³/mol. The summed E-state index contributed by atoms with van der Waals surface area (Å²) in [6.45, 7) is 0. The Kier molecular flexibility index (Phi) is 4.49. The predicted octanol–water partition coefficient (Wildman–Crippen LogP) is 8.34. The van der Waals surface area contributed by atoms with Crippen LogP contribution >= 0.6 is 0 Å². The fraction of sp³-hybridized carbons (Fsp3) is 0. The van der Waals surface area contributed by atoms with E-state index in [-0.39, 0.29) is 0 Å². The summed E-state index contributed by atoms with van der Waals surface area (Å²) in [4.78, 5) is 0. The van der Waals surface area contributed by atoms with Crippen molar-refractivity contribution in [2.24, 2.45) is 0 Å². The van der Waals surface area contributed by atoms with Crippen molar-refractivity contribution in [1.82, 2.24) is 19.3 Å². The second-order valence-corrected chi connectivity index (χ2v) is 9.67. The molecule has 178 valence electrons. The van der Waals surface area contributed by atoms with Crippen LogP contribution < -0.4 is 0 Å². The molecule has 8 rings (SSSR count). The highest BCUT2D eigenvalue weighted by atomic mass is 15.1. The van der Waals surface area contributed by atoms with Crippen molar-refractivity contribution in [1.29, 1.82) is 0 Å². The van der Waals surface area contributed by atoms with Gasteiger partial charge in [0.25, 0.3) is 0 Å². The molecule has 0 saturated carbocycles. The summed E-state index contributed by atoms with van der Waals surface area (Å²) < 4.78 is 4.57. The number of nitrogens with zero attached hydrogens (tertiary/aromatic N) is 4. The molecule has 3 heterocycles. The first-order valence-corrected chi connectivity index (χ1v) is 12.8. The summed E-state index contributed by atoms with van der Waals surface area (Å²) >= 11 is 0. The van der Waals surface area contributed by atoms with Gasteiger partial charge < -0.3 is 9.13 Å². The zero-order valence-corrected chi connectivity index (χ0v) is 20.5. The van der Waals surface area contributed by atoms with E-state index in [0.29, 0.717) is 0 Å². The lowest BCUT2D eigenvalue weighted by atomic mass is 10.0. The van der Waals surface area contributed by atoms with Crippen LogP contribution in [-0.2, 0) is 0 Å². The molecule has 38 heavy (non-hydrogen) atoms. The van der Waals surface area contributed by atoms with Crippen molar-refractivity contribution in [2.75, 3.05) is 0 Å². The van der Waals surface area contributed by atoms with Crippen LogP contribution in [0.5, 0.6) is 0 Å². The molecule has 0 fully saturated rings. The zero-order chi connectivity index (χ0) is 25.1. The summed E-state index contributed by atoms with van der Waals surface area (Å²) in [7, 11) is 0. The Balaban J connectivity index is 1.41. The lowest BCUT2D eigenvalue weighted by molar-refractivity contribution is 1.01. The highest BCUT2D eigenvalue weighted by molar-refractivity contribution is 6.15. The van der Waals surface area contributed by atoms with Crippen LogP contribution in [0.2, 0.25) is 0 Å². The van der Waals surface area contributed by atoms with Crippen molar-refractivity contribution in [3.8, 4) is 22.6 Å². The number of fused-ring (bicyclic) bond motifs is 5. The van der Waals surface area contributed by atoms with Crippen LogP contribution in [0, 0.1) is 0 Å². The maximum Gasteiger partial charge on any atom is 0.0950 e. The van der Waals surface area contributed by atoms with Crippen LogP contribution in [-0.4, -0.2) is 19.3 Å². The minimum Gasteiger partial charge on any atom is -0.317 e. The van der Waals surface area contributed by atoms with Crippen molar-refractivity contribution in [3.05, 3.63) is 134 Å². The van der Waals surface area contributed by atoms with Gasteiger partial charge in [0.15, 0.2) is 0 Å². The van der Waals surface area contributed by atoms with Gasteiger partial charge in [0, 0.05) is 33.6 Å². The molecule has 8 aromatic rings. The highest BCUT2D eigenvalue weighted by Crippen LogP contribution is 2.36. The van der Waals surface area contributed by atoms with Crippen LogP contribution in [0.25, 0.3) is 66.1 Å². The molecule has 5 aromatic carbocycles. The van der Waals surface area contributed by atoms with E-state index in [9.17, 15) is 0 Å². The smallest absolute Gasteiger partial charge is 0.0950 e. The second kappa shape index (κ2) is 8.15. The molecule has 0 bridgehead atoms. The molecule has 0 radical (unpaired) electrons. The normalized spacial score (nSPS) is 11.7. The Bertz CT molecular complexity index is 2120. The first kappa shape index (κ1) is 20.9. The molecule has 0 N–H and O–H groups in total. The van der Waals surface area contributed by atoms with E-state index in [1.165, 1.54) is 32.4 Å². The molecule has 0 amide bonds. The summed E-state index contributed by atoms with van der Waals surface area (Å²) in [6.07, 6.45) is 4.01. The van der Waals surface area contributed by atoms with Crippen molar-refractivity contribution >= 4 is 43.5 Å². The van der Waals surface area contributed by atoms with Gasteiger partial charge in [-0.2, -0.15) is 10.2 Å². The maximum atomic E-state index is 4.43. The Morgan fingerprint density at radius 3 is 2.11 bits per heavy atom. The molecule has 4 nitrogen and oxygen atoms in total. The minimum atomic E-state index is 0.859. The molecule has 0 aliphatic rings. The Labute approximate surface area is 219 Å². The zero-order valence-electron chi connectivity index (χ0n) is 20.5. The lowest BCUT2D eigenvalue weighted by Crippen LogP contribution is -1.97. The highest BCUT2D eigenvalue weighted by Gasteiger charge is 2.15. The van der Waals surface area contributed by atoms with Crippen LogP contribution in [0.1, 0.15) is 0 Å². The molecule has 0 aliphatic heterocycles. The number of aromatic nitrogens is 4. The Morgan fingerprint density at radius 2 is 1.24 bits per heavy atom. The molecule has 0 saturated heterocycles. The van der Waals surface area contributed by atoms with E-state index in [2.05, 4.69) is 129 Å². The van der Waals surface area contributed by atoms with Gasteiger partial charge in [-0.25, -0.2) is 0 Å². The standard InChI is InChI=1S/C34H22N4/c1-3-9-23(10-4-1)31-21-28(22-35-36-31)38-32-14-8-7-13-29(32)30-18-25-17-24-15-16-37(27-11-5-2-6-12-27)33(24)19-26(25)20-34(30)38/h1-22H. The van der Waals surface area contributed by atoms with Crippen molar-refractivity contribution < 1.29 is 0 Å². The topological polar surface area (TPSA) is 35.6 Å². The summed E-state index contributed by atoms with van der Waals surface area (Å²) in [5.41, 5.74) is 7.58. The average molecular weight is 487 g/mol. The van der Waals surface area contributed by atoms with Crippen molar-refractivity contribution in [3.63, 3.8) is 0 Å². The van der Waals surface area contributed by atoms with E-state index < -0.39 is 0 Å². The quantitative estimate of drug-likeness (QED) is 0.252. The van der Waals surface area contributed by atoms with Gasteiger partial charge >= 0.3 is 0 Å². The van der Waals surface area contributed by atoms with Crippen LogP contribution in [0.3, 0.4) is 0 Å². The van der Waals surface area contributed by atoms with Gasteiger partial charge in [-0.1, -0.05) is 66.7 Å². The molecule has 0 aliphatic carbocycles. The third-order valence-corrected chi connectivity index (χ3v) is 7.44. The molecule has 0 atom stereocenters. The van der Waals surface area contributed by atoms with Crippen LogP contribution in [0.4, 0.5) is 0 Å². The van der Waals surface area contributed by atoms with E-state index in [1.54, 1.807) is 0 Å². The largest absolute Gasteiger partial charge is 0.317 e. The number of hydrogen-bond acceptors (Lipinski definition) is 2. The van der Waals surface area contributed by atoms with E-state index in [4.69, 9.17) is 0 Å². The number of benzene rings is 5. The van der Waals surface area contributed by atoms with Gasteiger partial charge in [-0.15, -0.1) is 0 Å². The molecule has 3 aromatic heterocycles.